The topological polar surface area (TPSA) is 60.1 Å². The van der Waals surface area contributed by atoms with Crippen LogP contribution in [-0.2, 0) is 12.8 Å². The summed E-state index contributed by atoms with van der Waals surface area (Å²) in [7, 11) is 0. The van der Waals surface area contributed by atoms with Crippen LogP contribution in [0.15, 0.2) is 40.6 Å². The lowest BCUT2D eigenvalue weighted by Gasteiger charge is -1.98. The molecule has 0 aromatic carbocycles. The molecule has 3 aromatic heterocycles. The summed E-state index contributed by atoms with van der Waals surface area (Å²) in [5.74, 6) is 0. The Kier molecular flexibility index (Phi) is 2.89. The van der Waals surface area contributed by atoms with Crippen LogP contribution in [0.1, 0.15) is 22.6 Å². The molecule has 0 spiro atoms. The van der Waals surface area contributed by atoms with Crippen LogP contribution in [0, 0.1) is 0 Å². The number of nitrogens with zero attached hydrogens (tertiary/aromatic N) is 4. The molecule has 3 aromatic rings. The zero-order valence-electron chi connectivity index (χ0n) is 11.2. The summed E-state index contributed by atoms with van der Waals surface area (Å²) < 4.78 is 1.29. The number of hydrogen-bond acceptors (Lipinski definition) is 5. The summed E-state index contributed by atoms with van der Waals surface area (Å²) in [5.41, 5.74) is 1.79. The zero-order chi connectivity index (χ0) is 14.2. The van der Waals surface area contributed by atoms with Gasteiger partial charge >= 0.3 is 0 Å². The van der Waals surface area contributed by atoms with Gasteiger partial charge in [0, 0.05) is 11.1 Å². The predicted molar refractivity (Wildman–Crippen MR) is 83.1 cm³/mol. The maximum absolute atomic E-state index is 12.6. The summed E-state index contributed by atoms with van der Waals surface area (Å²) in [5, 5.41) is 4.93. The first-order valence-corrected chi connectivity index (χ1v) is 7.62. The number of rotatable bonds is 2. The lowest BCUT2D eigenvalue weighted by Crippen LogP contribution is -2.17. The van der Waals surface area contributed by atoms with E-state index in [2.05, 4.69) is 15.1 Å². The molecule has 0 aliphatic heterocycles. The second-order valence-corrected chi connectivity index (χ2v) is 6.01. The Morgan fingerprint density at radius 1 is 1.29 bits per heavy atom. The van der Waals surface area contributed by atoms with E-state index in [0.29, 0.717) is 5.69 Å². The Balaban J connectivity index is 1.82. The fourth-order valence-corrected chi connectivity index (χ4v) is 3.85. The van der Waals surface area contributed by atoms with E-state index >= 15 is 0 Å². The van der Waals surface area contributed by atoms with Crippen molar-refractivity contribution in [1.82, 2.24) is 14.6 Å². The van der Waals surface area contributed by atoms with Gasteiger partial charge in [-0.25, -0.2) is 4.98 Å². The number of hydrogen-bond donors (Lipinski definition) is 0. The molecule has 0 radical (unpaired) electrons. The summed E-state index contributed by atoms with van der Waals surface area (Å²) >= 11 is 1.64. The van der Waals surface area contributed by atoms with Gasteiger partial charge in [-0.05, 0) is 37.0 Å². The maximum atomic E-state index is 12.6. The van der Waals surface area contributed by atoms with E-state index in [4.69, 9.17) is 0 Å². The molecule has 6 heteroatoms. The van der Waals surface area contributed by atoms with Crippen molar-refractivity contribution >= 4 is 27.8 Å². The van der Waals surface area contributed by atoms with Crippen LogP contribution >= 0.6 is 11.3 Å². The monoisotopic (exact) mass is 296 g/mol. The van der Waals surface area contributed by atoms with Gasteiger partial charge in [-0.1, -0.05) is 6.07 Å². The molecule has 1 aliphatic rings. The highest BCUT2D eigenvalue weighted by Gasteiger charge is 2.21. The molecule has 0 saturated carbocycles. The lowest BCUT2D eigenvalue weighted by atomic mass is 10.2. The maximum Gasteiger partial charge on any atom is 0.282 e. The predicted octanol–water partition coefficient (Wildman–Crippen LogP) is 2.22. The van der Waals surface area contributed by atoms with Gasteiger partial charge < -0.3 is 0 Å². The standard InChI is InChI=1S/C15H12N4OS/c20-15-13-11-5-3-6-12(11)21-14(13)17-9-19(15)18-8-10-4-1-2-7-16-10/h1-2,4,7-9H,3,5-6H2. The Morgan fingerprint density at radius 2 is 2.24 bits per heavy atom. The molecule has 0 bridgehead atoms. The van der Waals surface area contributed by atoms with Crippen molar-refractivity contribution in [1.29, 1.82) is 0 Å². The molecule has 3 heterocycles. The molecule has 0 N–H and O–H groups in total. The minimum absolute atomic E-state index is 0.0911. The van der Waals surface area contributed by atoms with Crippen molar-refractivity contribution in [3.8, 4) is 0 Å². The molecule has 4 rings (SSSR count). The van der Waals surface area contributed by atoms with Gasteiger partial charge in [0.2, 0.25) is 0 Å². The highest BCUT2D eigenvalue weighted by atomic mass is 32.1. The fourth-order valence-electron chi connectivity index (χ4n) is 2.63. The number of fused-ring (bicyclic) bond motifs is 3. The minimum atomic E-state index is -0.0911. The van der Waals surface area contributed by atoms with Gasteiger partial charge in [0.15, 0.2) is 0 Å². The average molecular weight is 296 g/mol. The molecule has 104 valence electrons. The largest absolute Gasteiger partial charge is 0.282 e. The highest BCUT2D eigenvalue weighted by molar-refractivity contribution is 7.18. The second-order valence-electron chi connectivity index (χ2n) is 4.93. The third kappa shape index (κ3) is 2.08. The molecule has 0 amide bonds. The lowest BCUT2D eigenvalue weighted by molar-refractivity contribution is 0.816. The van der Waals surface area contributed by atoms with E-state index in [1.807, 2.05) is 18.2 Å². The Hall–Kier alpha value is -2.34. The minimum Gasteiger partial charge on any atom is -0.267 e. The molecule has 21 heavy (non-hydrogen) atoms. The number of aryl methyl sites for hydroxylation is 2. The quantitative estimate of drug-likeness (QED) is 0.681. The third-order valence-corrected chi connectivity index (χ3v) is 4.81. The van der Waals surface area contributed by atoms with Crippen molar-refractivity contribution < 1.29 is 0 Å². The number of aromatic nitrogens is 3. The van der Waals surface area contributed by atoms with Crippen molar-refractivity contribution in [3.63, 3.8) is 0 Å². The molecule has 0 unspecified atom stereocenters. The van der Waals surface area contributed by atoms with E-state index < -0.39 is 0 Å². The van der Waals surface area contributed by atoms with Crippen LogP contribution < -0.4 is 5.56 Å². The van der Waals surface area contributed by atoms with Gasteiger partial charge in [-0.15, -0.1) is 11.3 Å². The smallest absolute Gasteiger partial charge is 0.267 e. The van der Waals surface area contributed by atoms with Crippen molar-refractivity contribution in [2.75, 3.05) is 0 Å². The molecule has 0 fully saturated rings. The van der Waals surface area contributed by atoms with Crippen LogP contribution in [-0.4, -0.2) is 20.9 Å². The van der Waals surface area contributed by atoms with Crippen molar-refractivity contribution in [2.24, 2.45) is 5.10 Å². The molecule has 5 nitrogen and oxygen atoms in total. The van der Waals surface area contributed by atoms with Crippen LogP contribution in [0.4, 0.5) is 0 Å². The molecular weight excluding hydrogens is 284 g/mol. The van der Waals surface area contributed by atoms with Crippen molar-refractivity contribution in [3.05, 3.63) is 57.2 Å². The van der Waals surface area contributed by atoms with Gasteiger partial charge in [0.25, 0.3) is 5.56 Å². The van der Waals surface area contributed by atoms with Crippen LogP contribution in [0.2, 0.25) is 0 Å². The molecule has 1 aliphatic carbocycles. The summed E-state index contributed by atoms with van der Waals surface area (Å²) in [6.45, 7) is 0. The Bertz CT molecular complexity index is 895. The highest BCUT2D eigenvalue weighted by Crippen LogP contribution is 2.34. The Morgan fingerprint density at radius 3 is 3.10 bits per heavy atom. The number of thiophene rings is 1. The molecule has 0 saturated heterocycles. The van der Waals surface area contributed by atoms with E-state index in [-0.39, 0.29) is 5.56 Å². The first kappa shape index (κ1) is 12.4. The fraction of sp³-hybridized carbons (Fsp3) is 0.200. The van der Waals surface area contributed by atoms with Gasteiger partial charge in [0.05, 0.1) is 17.3 Å². The second kappa shape index (κ2) is 4.89. The van der Waals surface area contributed by atoms with Crippen LogP contribution in [0.25, 0.3) is 10.2 Å². The first-order valence-electron chi connectivity index (χ1n) is 6.80. The van der Waals surface area contributed by atoms with Crippen LogP contribution in [0.5, 0.6) is 0 Å². The average Bonchev–Trinajstić information content (AvgIpc) is 3.08. The van der Waals surface area contributed by atoms with Crippen molar-refractivity contribution in [2.45, 2.75) is 19.3 Å². The van der Waals surface area contributed by atoms with E-state index in [9.17, 15) is 4.79 Å². The van der Waals surface area contributed by atoms with E-state index in [0.717, 1.165) is 29.5 Å². The van der Waals surface area contributed by atoms with Gasteiger partial charge in [-0.3, -0.25) is 9.78 Å². The normalized spacial score (nSPS) is 14.1. The SMILES string of the molecule is O=c1c2c3c(sc2ncn1N=Cc1ccccn1)CCC3. The van der Waals surface area contributed by atoms with Gasteiger partial charge in [-0.2, -0.15) is 9.78 Å². The summed E-state index contributed by atoms with van der Waals surface area (Å²) in [6, 6.07) is 5.55. The van der Waals surface area contributed by atoms with E-state index in [1.165, 1.54) is 21.4 Å². The number of pyridine rings is 1. The molecular formula is C15H12N4OS. The molecule has 0 atom stereocenters. The third-order valence-electron chi connectivity index (χ3n) is 3.61. The van der Waals surface area contributed by atoms with Crippen LogP contribution in [0.3, 0.4) is 0 Å². The Labute approximate surface area is 124 Å². The first-order chi connectivity index (χ1) is 10.3. The summed E-state index contributed by atoms with van der Waals surface area (Å²) in [4.78, 5) is 23.2. The summed E-state index contributed by atoms with van der Waals surface area (Å²) in [6.07, 6.45) is 7.91. The zero-order valence-corrected chi connectivity index (χ0v) is 12.0. The van der Waals surface area contributed by atoms with Gasteiger partial charge in [0.1, 0.15) is 11.2 Å². The van der Waals surface area contributed by atoms with E-state index in [1.54, 1.807) is 23.7 Å².